The Kier molecular flexibility index (Phi) is 6.01. The summed E-state index contributed by atoms with van der Waals surface area (Å²) in [5.74, 6) is 0. The van der Waals surface area contributed by atoms with Crippen LogP contribution in [-0.4, -0.2) is 31.7 Å². The van der Waals surface area contributed by atoms with E-state index in [1.165, 1.54) is 11.3 Å². The summed E-state index contributed by atoms with van der Waals surface area (Å²) in [7, 11) is 0. The van der Waals surface area contributed by atoms with E-state index in [0.29, 0.717) is 11.7 Å². The van der Waals surface area contributed by atoms with Gasteiger partial charge in [0.15, 0.2) is 0 Å². The Morgan fingerprint density at radius 2 is 1.68 bits per heavy atom. The molecule has 0 saturated heterocycles. The highest BCUT2D eigenvalue weighted by molar-refractivity contribution is 7.15. The van der Waals surface area contributed by atoms with Gasteiger partial charge in [0.1, 0.15) is 5.01 Å². The van der Waals surface area contributed by atoms with Crippen molar-refractivity contribution in [3.05, 3.63) is 16.9 Å². The van der Waals surface area contributed by atoms with Crippen molar-refractivity contribution < 1.29 is 0 Å². The molecule has 2 aromatic heterocycles. The molecule has 0 aromatic carbocycles. The maximum Gasteiger partial charge on any atom is 0.203 e. The van der Waals surface area contributed by atoms with Gasteiger partial charge in [-0.15, -0.1) is 15.3 Å². The van der Waals surface area contributed by atoms with E-state index in [2.05, 4.69) is 62.1 Å². The van der Waals surface area contributed by atoms with Crippen molar-refractivity contribution in [3.8, 4) is 0 Å². The second-order valence-corrected chi connectivity index (χ2v) is 8.11. The fourth-order valence-electron chi connectivity index (χ4n) is 1.42. The van der Waals surface area contributed by atoms with E-state index in [0.717, 1.165) is 17.2 Å². The first-order valence-corrected chi connectivity index (χ1v) is 8.06. The van der Waals surface area contributed by atoms with Gasteiger partial charge in [-0.1, -0.05) is 58.1 Å². The molecule has 0 atom stereocenters. The van der Waals surface area contributed by atoms with Gasteiger partial charge in [-0.05, 0) is 0 Å². The molecule has 0 aliphatic heterocycles. The van der Waals surface area contributed by atoms with Gasteiger partial charge in [-0.25, -0.2) is 0 Å². The maximum atomic E-state index is 5.42. The van der Waals surface area contributed by atoms with Gasteiger partial charge < -0.3 is 11.5 Å². The maximum absolute atomic E-state index is 5.42. The molecular weight excluding hydrogens is 298 g/mol. The zero-order chi connectivity index (χ0) is 17.0. The smallest absolute Gasteiger partial charge is 0.203 e. The van der Waals surface area contributed by atoms with Crippen LogP contribution in [0.3, 0.4) is 0 Å². The number of hydrogen-bond donors (Lipinski definition) is 2. The van der Waals surface area contributed by atoms with Gasteiger partial charge in [0.25, 0.3) is 0 Å². The minimum absolute atomic E-state index is 0.0762. The van der Waals surface area contributed by atoms with E-state index in [4.69, 9.17) is 11.5 Å². The minimum atomic E-state index is 0.0762. The highest BCUT2D eigenvalue weighted by Gasteiger charge is 2.18. The zero-order valence-electron chi connectivity index (χ0n) is 14.3. The number of aromatic nitrogens is 5. The normalized spacial score (nSPS) is 12.0. The molecule has 22 heavy (non-hydrogen) atoms. The SMILES string of the molecule is CC(C)(C)c1cn(CCN)nn1.CC(C)(C)c1nnc(N)s1. The average molecular weight is 325 g/mol. The predicted molar refractivity (Wildman–Crippen MR) is 90.8 cm³/mol. The van der Waals surface area contributed by atoms with Gasteiger partial charge in [-0.3, -0.25) is 4.68 Å². The molecule has 4 N–H and O–H groups in total. The standard InChI is InChI=1S/C8H16N4.C6H11N3S/c1-8(2,3)7-6-12(5-4-9)11-10-7;1-6(2,3)4-8-9-5(7)10-4/h6H,4-5,9H2,1-3H3;1-3H3,(H2,7,9). The lowest BCUT2D eigenvalue weighted by atomic mass is 9.93. The van der Waals surface area contributed by atoms with Crippen LogP contribution in [0.5, 0.6) is 0 Å². The van der Waals surface area contributed by atoms with Gasteiger partial charge in [0, 0.05) is 23.6 Å². The minimum Gasteiger partial charge on any atom is -0.374 e. The lowest BCUT2D eigenvalue weighted by molar-refractivity contribution is 0.566. The van der Waals surface area contributed by atoms with Gasteiger partial charge >= 0.3 is 0 Å². The van der Waals surface area contributed by atoms with Gasteiger partial charge in [0.05, 0.1) is 12.2 Å². The number of nitrogens with zero attached hydrogens (tertiary/aromatic N) is 5. The first kappa shape index (κ1) is 18.5. The molecule has 0 aliphatic carbocycles. The molecule has 2 heterocycles. The lowest BCUT2D eigenvalue weighted by Crippen LogP contribution is -2.12. The second kappa shape index (κ2) is 7.15. The Morgan fingerprint density at radius 1 is 1.05 bits per heavy atom. The number of hydrogen-bond acceptors (Lipinski definition) is 7. The molecule has 2 aromatic rings. The van der Waals surface area contributed by atoms with Crippen LogP contribution in [0.25, 0.3) is 0 Å². The van der Waals surface area contributed by atoms with E-state index >= 15 is 0 Å². The highest BCUT2D eigenvalue weighted by atomic mass is 32.1. The topological polar surface area (TPSA) is 109 Å². The molecule has 8 heteroatoms. The summed E-state index contributed by atoms with van der Waals surface area (Å²) in [5.41, 5.74) is 12.0. The van der Waals surface area contributed by atoms with Crippen molar-refractivity contribution in [1.29, 1.82) is 0 Å². The summed E-state index contributed by atoms with van der Waals surface area (Å²) in [4.78, 5) is 0. The molecule has 0 unspecified atom stereocenters. The Balaban J connectivity index is 0.000000224. The van der Waals surface area contributed by atoms with Crippen molar-refractivity contribution in [2.24, 2.45) is 5.73 Å². The molecule has 0 bridgehead atoms. The van der Waals surface area contributed by atoms with Crippen LogP contribution in [0.1, 0.15) is 52.2 Å². The summed E-state index contributed by atoms with van der Waals surface area (Å²) in [5, 5.41) is 17.2. The van der Waals surface area contributed by atoms with Crippen LogP contribution in [0, 0.1) is 0 Å². The summed E-state index contributed by atoms with van der Waals surface area (Å²) >= 11 is 1.45. The fraction of sp³-hybridized carbons (Fsp3) is 0.714. The van der Waals surface area contributed by atoms with E-state index < -0.39 is 0 Å². The Morgan fingerprint density at radius 3 is 2.00 bits per heavy atom. The molecule has 0 fully saturated rings. The summed E-state index contributed by atoms with van der Waals surface area (Å²) < 4.78 is 1.78. The Bertz CT molecular complexity index is 575. The molecule has 7 nitrogen and oxygen atoms in total. The first-order valence-electron chi connectivity index (χ1n) is 7.24. The quantitative estimate of drug-likeness (QED) is 0.873. The lowest BCUT2D eigenvalue weighted by Gasteiger charge is -2.12. The molecule has 0 radical (unpaired) electrons. The van der Waals surface area contributed by atoms with Crippen molar-refractivity contribution in [2.75, 3.05) is 12.3 Å². The monoisotopic (exact) mass is 325 g/mol. The van der Waals surface area contributed by atoms with Crippen LogP contribution in [-0.2, 0) is 17.4 Å². The molecule has 0 amide bonds. The summed E-state index contributed by atoms with van der Waals surface area (Å²) in [6, 6.07) is 0. The summed E-state index contributed by atoms with van der Waals surface area (Å²) in [6.07, 6.45) is 1.95. The first-order chi connectivity index (χ1) is 10.0. The third-order valence-corrected chi connectivity index (χ3v) is 3.93. The number of anilines is 1. The van der Waals surface area contributed by atoms with Crippen LogP contribution in [0.15, 0.2) is 6.20 Å². The highest BCUT2D eigenvalue weighted by Crippen LogP contribution is 2.25. The number of nitrogens with two attached hydrogens (primary N) is 2. The Hall–Kier alpha value is -1.54. The summed E-state index contributed by atoms with van der Waals surface area (Å²) in [6.45, 7) is 14.0. The molecule has 2 rings (SSSR count). The van der Waals surface area contributed by atoms with E-state index in [-0.39, 0.29) is 10.8 Å². The molecular formula is C14H27N7S. The number of nitrogen functional groups attached to an aromatic ring is 1. The Labute approximate surface area is 136 Å². The van der Waals surface area contributed by atoms with Crippen molar-refractivity contribution in [1.82, 2.24) is 25.2 Å². The molecule has 124 valence electrons. The fourth-order valence-corrected chi connectivity index (χ4v) is 2.09. The predicted octanol–water partition coefficient (Wildman–Crippen LogP) is 1.95. The van der Waals surface area contributed by atoms with Gasteiger partial charge in [0.2, 0.25) is 5.13 Å². The molecule has 0 saturated carbocycles. The second-order valence-electron chi connectivity index (χ2n) is 7.10. The molecule has 0 aliphatic rings. The van der Waals surface area contributed by atoms with Crippen molar-refractivity contribution in [3.63, 3.8) is 0 Å². The third-order valence-electron chi connectivity index (χ3n) is 2.75. The van der Waals surface area contributed by atoms with Crippen LogP contribution in [0.2, 0.25) is 0 Å². The number of rotatable bonds is 2. The van der Waals surface area contributed by atoms with E-state index in [9.17, 15) is 0 Å². The van der Waals surface area contributed by atoms with E-state index in [1.54, 1.807) is 4.68 Å². The average Bonchev–Trinajstić information content (AvgIpc) is 2.97. The van der Waals surface area contributed by atoms with Crippen molar-refractivity contribution in [2.45, 2.75) is 58.9 Å². The molecule has 0 spiro atoms. The largest absolute Gasteiger partial charge is 0.374 e. The van der Waals surface area contributed by atoms with Gasteiger partial charge in [-0.2, -0.15) is 0 Å². The third kappa shape index (κ3) is 5.69. The van der Waals surface area contributed by atoms with Crippen LogP contribution < -0.4 is 11.5 Å². The van der Waals surface area contributed by atoms with Crippen LogP contribution in [0.4, 0.5) is 5.13 Å². The zero-order valence-corrected chi connectivity index (χ0v) is 15.1. The van der Waals surface area contributed by atoms with Crippen molar-refractivity contribution >= 4 is 16.5 Å². The van der Waals surface area contributed by atoms with Crippen LogP contribution >= 0.6 is 11.3 Å². The van der Waals surface area contributed by atoms with E-state index in [1.807, 2.05) is 6.20 Å².